The second-order valence-corrected chi connectivity index (χ2v) is 1.98. The van der Waals surface area contributed by atoms with E-state index in [2.05, 4.69) is 6.58 Å². The van der Waals surface area contributed by atoms with E-state index in [4.69, 9.17) is 5.11 Å². The molecule has 0 saturated carbocycles. The SMILES string of the molecule is C=CC.CC(C)CO. The van der Waals surface area contributed by atoms with E-state index in [1.165, 1.54) is 0 Å². The molecule has 0 unspecified atom stereocenters. The average Bonchev–Trinajstić information content (AvgIpc) is 1.69. The van der Waals surface area contributed by atoms with Gasteiger partial charge in [0.2, 0.25) is 0 Å². The van der Waals surface area contributed by atoms with Crippen molar-refractivity contribution in [3.8, 4) is 0 Å². The van der Waals surface area contributed by atoms with Crippen LogP contribution < -0.4 is 0 Å². The fraction of sp³-hybridized carbons (Fsp3) is 0.714. The maximum absolute atomic E-state index is 8.14. The lowest BCUT2D eigenvalue weighted by Gasteiger charge is -1.90. The largest absolute Gasteiger partial charge is 0.396 e. The number of aliphatic hydroxyl groups is 1. The second-order valence-electron chi connectivity index (χ2n) is 1.98. The van der Waals surface area contributed by atoms with Gasteiger partial charge in [-0.2, -0.15) is 0 Å². The highest BCUT2D eigenvalue weighted by atomic mass is 16.3. The van der Waals surface area contributed by atoms with Gasteiger partial charge < -0.3 is 5.11 Å². The van der Waals surface area contributed by atoms with Crippen molar-refractivity contribution in [1.82, 2.24) is 0 Å². The maximum atomic E-state index is 8.14. The molecule has 0 amide bonds. The molecule has 1 N–H and O–H groups in total. The molecule has 0 rings (SSSR count). The van der Waals surface area contributed by atoms with Gasteiger partial charge in [-0.05, 0) is 12.8 Å². The standard InChI is InChI=1S/C4H10O.C3H6/c1-4(2)3-5;1-3-2/h4-5H,3H2,1-2H3;3H,1H2,2H3. The third-order valence-corrected chi connectivity index (χ3v) is 0.365. The molecule has 0 aliphatic rings. The molecule has 0 heterocycles. The van der Waals surface area contributed by atoms with Crippen molar-refractivity contribution in [3.63, 3.8) is 0 Å². The van der Waals surface area contributed by atoms with E-state index in [1.807, 2.05) is 20.8 Å². The fourth-order valence-corrected chi connectivity index (χ4v) is 0. The van der Waals surface area contributed by atoms with Crippen LogP contribution in [0.5, 0.6) is 0 Å². The quantitative estimate of drug-likeness (QED) is 0.518. The lowest BCUT2D eigenvalue weighted by atomic mass is 10.2. The zero-order valence-corrected chi connectivity index (χ0v) is 6.02. The van der Waals surface area contributed by atoms with Crippen LogP contribution in [0.15, 0.2) is 12.7 Å². The van der Waals surface area contributed by atoms with Gasteiger partial charge in [0.1, 0.15) is 0 Å². The number of hydrogen-bond donors (Lipinski definition) is 1. The fourth-order valence-electron chi connectivity index (χ4n) is 0. The van der Waals surface area contributed by atoms with Gasteiger partial charge in [0.25, 0.3) is 0 Å². The molecule has 0 aromatic carbocycles. The van der Waals surface area contributed by atoms with Crippen LogP contribution in [0.2, 0.25) is 0 Å². The Labute approximate surface area is 52.0 Å². The Morgan fingerprint density at radius 1 is 1.62 bits per heavy atom. The summed E-state index contributed by atoms with van der Waals surface area (Å²) in [4.78, 5) is 0. The van der Waals surface area contributed by atoms with Crippen LogP contribution in [0, 0.1) is 5.92 Å². The van der Waals surface area contributed by atoms with Crippen molar-refractivity contribution in [2.75, 3.05) is 6.61 Å². The van der Waals surface area contributed by atoms with E-state index in [-0.39, 0.29) is 0 Å². The van der Waals surface area contributed by atoms with Crippen molar-refractivity contribution in [1.29, 1.82) is 0 Å². The molecule has 0 fully saturated rings. The minimum absolute atomic E-state index is 0.306. The highest BCUT2D eigenvalue weighted by Crippen LogP contribution is 1.83. The molecule has 0 aliphatic carbocycles. The van der Waals surface area contributed by atoms with Gasteiger partial charge in [0.15, 0.2) is 0 Å². The molecule has 1 heteroatoms. The first-order valence-electron chi connectivity index (χ1n) is 2.86. The molecule has 0 radical (unpaired) electrons. The lowest BCUT2D eigenvalue weighted by molar-refractivity contribution is 0.248. The van der Waals surface area contributed by atoms with Crippen LogP contribution in [0.3, 0.4) is 0 Å². The summed E-state index contributed by atoms with van der Waals surface area (Å²) in [5.74, 6) is 0.440. The monoisotopic (exact) mass is 116 g/mol. The first-order chi connectivity index (χ1) is 3.68. The Morgan fingerprint density at radius 2 is 1.75 bits per heavy atom. The second kappa shape index (κ2) is 9.85. The Hall–Kier alpha value is -0.300. The average molecular weight is 116 g/mol. The van der Waals surface area contributed by atoms with Crippen molar-refractivity contribution in [2.24, 2.45) is 5.92 Å². The van der Waals surface area contributed by atoms with E-state index < -0.39 is 0 Å². The third kappa shape index (κ3) is 43.6. The number of aliphatic hydroxyl groups excluding tert-OH is 1. The Bertz CT molecular complexity index is 39.7. The predicted molar refractivity (Wildman–Crippen MR) is 37.8 cm³/mol. The summed E-state index contributed by atoms with van der Waals surface area (Å²) in [5, 5.41) is 8.14. The molecule has 0 atom stereocenters. The van der Waals surface area contributed by atoms with Gasteiger partial charge in [0, 0.05) is 6.61 Å². The highest BCUT2D eigenvalue weighted by Gasteiger charge is 1.81. The summed E-state index contributed by atoms with van der Waals surface area (Å²) in [6.45, 7) is 9.50. The highest BCUT2D eigenvalue weighted by molar-refractivity contribution is 4.51. The summed E-state index contributed by atoms with van der Waals surface area (Å²) in [6.07, 6.45) is 1.75. The molecular weight excluding hydrogens is 100 g/mol. The van der Waals surface area contributed by atoms with E-state index in [0.29, 0.717) is 12.5 Å². The van der Waals surface area contributed by atoms with Crippen molar-refractivity contribution < 1.29 is 5.11 Å². The summed E-state index contributed by atoms with van der Waals surface area (Å²) in [6, 6.07) is 0. The van der Waals surface area contributed by atoms with E-state index in [1.54, 1.807) is 6.08 Å². The number of rotatable bonds is 1. The minimum Gasteiger partial charge on any atom is -0.396 e. The molecular formula is C7H16O. The van der Waals surface area contributed by atoms with Crippen LogP contribution in [0.4, 0.5) is 0 Å². The molecule has 0 aliphatic heterocycles. The summed E-state index contributed by atoms with van der Waals surface area (Å²) in [7, 11) is 0. The zero-order valence-electron chi connectivity index (χ0n) is 6.02. The van der Waals surface area contributed by atoms with Gasteiger partial charge in [-0.3, -0.25) is 0 Å². The lowest BCUT2D eigenvalue weighted by Crippen LogP contribution is -1.90. The smallest absolute Gasteiger partial charge is 0.0453 e. The van der Waals surface area contributed by atoms with E-state index in [9.17, 15) is 0 Å². The van der Waals surface area contributed by atoms with Crippen LogP contribution in [-0.2, 0) is 0 Å². The van der Waals surface area contributed by atoms with Crippen molar-refractivity contribution in [2.45, 2.75) is 20.8 Å². The van der Waals surface area contributed by atoms with Gasteiger partial charge in [-0.15, -0.1) is 6.58 Å². The normalized spacial score (nSPS) is 7.62. The van der Waals surface area contributed by atoms with Gasteiger partial charge >= 0.3 is 0 Å². The van der Waals surface area contributed by atoms with Crippen LogP contribution in [0.25, 0.3) is 0 Å². The van der Waals surface area contributed by atoms with Crippen LogP contribution in [0.1, 0.15) is 20.8 Å². The first kappa shape index (κ1) is 10.6. The topological polar surface area (TPSA) is 20.2 Å². The summed E-state index contributed by atoms with van der Waals surface area (Å²) in [5.41, 5.74) is 0. The summed E-state index contributed by atoms with van der Waals surface area (Å²) < 4.78 is 0. The Morgan fingerprint density at radius 3 is 1.75 bits per heavy atom. The number of allylic oxidation sites excluding steroid dienone is 1. The van der Waals surface area contributed by atoms with Crippen molar-refractivity contribution in [3.05, 3.63) is 12.7 Å². The molecule has 50 valence electrons. The first-order valence-corrected chi connectivity index (χ1v) is 2.86. The van der Waals surface area contributed by atoms with E-state index in [0.717, 1.165) is 0 Å². The Kier molecular flexibility index (Phi) is 13.1. The minimum atomic E-state index is 0.306. The maximum Gasteiger partial charge on any atom is 0.0453 e. The zero-order chi connectivity index (χ0) is 6.99. The molecule has 1 nitrogen and oxygen atoms in total. The molecule has 0 saturated heterocycles. The van der Waals surface area contributed by atoms with Crippen LogP contribution >= 0.6 is 0 Å². The van der Waals surface area contributed by atoms with E-state index >= 15 is 0 Å². The van der Waals surface area contributed by atoms with Crippen molar-refractivity contribution >= 4 is 0 Å². The summed E-state index contributed by atoms with van der Waals surface area (Å²) >= 11 is 0. The molecule has 0 aromatic heterocycles. The molecule has 0 aromatic rings. The van der Waals surface area contributed by atoms with Gasteiger partial charge in [-0.25, -0.2) is 0 Å². The number of hydrogen-bond acceptors (Lipinski definition) is 1. The van der Waals surface area contributed by atoms with Gasteiger partial charge in [0.05, 0.1) is 0 Å². The Balaban J connectivity index is 0. The molecule has 0 bridgehead atoms. The predicted octanol–water partition coefficient (Wildman–Crippen LogP) is 1.83. The van der Waals surface area contributed by atoms with Gasteiger partial charge in [-0.1, -0.05) is 19.9 Å². The van der Waals surface area contributed by atoms with Crippen LogP contribution in [-0.4, -0.2) is 11.7 Å². The third-order valence-electron chi connectivity index (χ3n) is 0.365. The molecule has 0 spiro atoms. The molecule has 8 heavy (non-hydrogen) atoms.